The van der Waals surface area contributed by atoms with Crippen LogP contribution in [-0.2, 0) is 19.6 Å². The summed E-state index contributed by atoms with van der Waals surface area (Å²) in [6, 6.07) is 9.22. The molecule has 178 valence electrons. The molecule has 0 spiro atoms. The number of esters is 1. The van der Waals surface area contributed by atoms with Gasteiger partial charge in [-0.3, -0.25) is 4.79 Å². The van der Waals surface area contributed by atoms with Crippen LogP contribution in [0.3, 0.4) is 0 Å². The molecule has 0 unspecified atom stereocenters. The summed E-state index contributed by atoms with van der Waals surface area (Å²) in [5.41, 5.74) is 2.10. The van der Waals surface area contributed by atoms with Crippen LogP contribution in [0, 0.1) is 12.8 Å². The van der Waals surface area contributed by atoms with Crippen LogP contribution in [0.25, 0.3) is 11.3 Å². The van der Waals surface area contributed by atoms with Gasteiger partial charge in [0.1, 0.15) is 0 Å². The van der Waals surface area contributed by atoms with Crippen LogP contribution in [0.4, 0.5) is 5.82 Å². The molecule has 0 saturated carbocycles. The van der Waals surface area contributed by atoms with E-state index < -0.39 is 10.0 Å². The number of carbonyl (C=O) groups excluding carboxylic acids is 1. The number of hydrogen-bond acceptors (Lipinski definition) is 7. The number of anilines is 1. The number of piperidine rings is 2. The van der Waals surface area contributed by atoms with Crippen molar-refractivity contribution in [3.63, 3.8) is 0 Å². The number of sulfonamides is 1. The van der Waals surface area contributed by atoms with Gasteiger partial charge in [0.05, 0.1) is 23.1 Å². The Kier molecular flexibility index (Phi) is 7.29. The summed E-state index contributed by atoms with van der Waals surface area (Å²) in [5.74, 6) is 0.587. The third kappa shape index (κ3) is 5.19. The molecular weight excluding hydrogens is 440 g/mol. The molecule has 3 heterocycles. The van der Waals surface area contributed by atoms with Crippen LogP contribution in [-0.4, -0.2) is 61.7 Å². The Morgan fingerprint density at radius 2 is 1.76 bits per heavy atom. The zero-order valence-electron chi connectivity index (χ0n) is 19.4. The van der Waals surface area contributed by atoms with Gasteiger partial charge >= 0.3 is 5.97 Å². The summed E-state index contributed by atoms with van der Waals surface area (Å²) < 4.78 is 33.2. The molecule has 0 atom stereocenters. The first kappa shape index (κ1) is 23.6. The zero-order valence-corrected chi connectivity index (χ0v) is 20.2. The van der Waals surface area contributed by atoms with E-state index in [1.807, 2.05) is 38.1 Å². The smallest absolute Gasteiger partial charge is 0.309 e. The van der Waals surface area contributed by atoms with E-state index >= 15 is 0 Å². The van der Waals surface area contributed by atoms with Gasteiger partial charge < -0.3 is 9.64 Å². The Morgan fingerprint density at radius 3 is 2.39 bits per heavy atom. The summed E-state index contributed by atoms with van der Waals surface area (Å²) in [6.45, 7) is 6.66. The van der Waals surface area contributed by atoms with Gasteiger partial charge in [0.2, 0.25) is 10.0 Å². The van der Waals surface area contributed by atoms with Crippen molar-refractivity contribution in [2.75, 3.05) is 37.7 Å². The van der Waals surface area contributed by atoms with E-state index in [4.69, 9.17) is 4.74 Å². The maximum atomic E-state index is 13.2. The monoisotopic (exact) mass is 472 g/mol. The van der Waals surface area contributed by atoms with Gasteiger partial charge in [0, 0.05) is 31.7 Å². The van der Waals surface area contributed by atoms with E-state index in [0.717, 1.165) is 62.1 Å². The van der Waals surface area contributed by atoms with Crippen molar-refractivity contribution in [3.8, 4) is 11.3 Å². The average Bonchev–Trinajstić information content (AvgIpc) is 2.85. The van der Waals surface area contributed by atoms with Crippen LogP contribution < -0.4 is 4.90 Å². The summed E-state index contributed by atoms with van der Waals surface area (Å²) in [6.07, 6.45) is 4.35. The van der Waals surface area contributed by atoms with Crippen LogP contribution in [0.5, 0.6) is 0 Å². The van der Waals surface area contributed by atoms with E-state index in [9.17, 15) is 13.2 Å². The molecule has 33 heavy (non-hydrogen) atoms. The second-order valence-corrected chi connectivity index (χ2v) is 10.6. The first-order valence-electron chi connectivity index (χ1n) is 11.8. The Balaban J connectivity index is 1.48. The standard InChI is InChI=1S/C24H32N4O4S/c1-3-32-24(29)19-11-15-27(16-12-19)23-10-9-21(25-26-23)20-8-7-18(2)22(17-20)33(30,31)28-13-5-4-6-14-28/h7-10,17,19H,3-6,11-16H2,1-2H3. The molecule has 2 aliphatic rings. The highest BCUT2D eigenvalue weighted by Crippen LogP contribution is 2.29. The lowest BCUT2D eigenvalue weighted by Gasteiger charge is -2.31. The Bertz CT molecular complexity index is 1070. The molecule has 0 radical (unpaired) electrons. The molecule has 1 aromatic heterocycles. The first-order chi connectivity index (χ1) is 15.9. The van der Waals surface area contributed by atoms with Crippen LogP contribution >= 0.6 is 0 Å². The summed E-state index contributed by atoms with van der Waals surface area (Å²) in [5, 5.41) is 8.77. The topological polar surface area (TPSA) is 92.7 Å². The lowest BCUT2D eigenvalue weighted by molar-refractivity contribution is -0.148. The number of hydrogen-bond donors (Lipinski definition) is 0. The number of carbonyl (C=O) groups is 1. The Labute approximate surface area is 196 Å². The third-order valence-corrected chi connectivity index (χ3v) is 8.55. The van der Waals surface area contributed by atoms with Crippen molar-refractivity contribution in [2.24, 2.45) is 5.92 Å². The third-order valence-electron chi connectivity index (χ3n) is 6.51. The number of ether oxygens (including phenoxy) is 1. The molecule has 1 aromatic carbocycles. The molecule has 9 heteroatoms. The van der Waals surface area contributed by atoms with Gasteiger partial charge in [-0.1, -0.05) is 18.6 Å². The van der Waals surface area contributed by atoms with E-state index in [1.165, 1.54) is 0 Å². The maximum absolute atomic E-state index is 13.2. The van der Waals surface area contributed by atoms with E-state index in [-0.39, 0.29) is 11.9 Å². The van der Waals surface area contributed by atoms with Crippen LogP contribution in [0.15, 0.2) is 35.2 Å². The molecule has 2 aliphatic heterocycles. The second-order valence-electron chi connectivity index (χ2n) is 8.74. The zero-order chi connectivity index (χ0) is 23.4. The number of aromatic nitrogens is 2. The quantitative estimate of drug-likeness (QED) is 0.595. The second kappa shape index (κ2) is 10.2. The summed E-state index contributed by atoms with van der Waals surface area (Å²) >= 11 is 0. The minimum atomic E-state index is -3.53. The molecule has 2 aromatic rings. The molecule has 8 nitrogen and oxygen atoms in total. The Hall–Kier alpha value is -2.52. The summed E-state index contributed by atoms with van der Waals surface area (Å²) in [4.78, 5) is 14.4. The number of aryl methyl sites for hydroxylation is 1. The van der Waals surface area contributed by atoms with Crippen molar-refractivity contribution >= 4 is 21.8 Å². The normalized spacial score (nSPS) is 18.3. The van der Waals surface area contributed by atoms with Crippen molar-refractivity contribution in [1.82, 2.24) is 14.5 Å². The first-order valence-corrected chi connectivity index (χ1v) is 13.2. The molecule has 2 saturated heterocycles. The molecule has 0 amide bonds. The fourth-order valence-corrected chi connectivity index (χ4v) is 6.30. The van der Waals surface area contributed by atoms with Gasteiger partial charge in [-0.15, -0.1) is 10.2 Å². The van der Waals surface area contributed by atoms with Crippen LogP contribution in [0.2, 0.25) is 0 Å². The largest absolute Gasteiger partial charge is 0.466 e. The predicted octanol–water partition coefficient (Wildman–Crippen LogP) is 3.41. The van der Waals surface area contributed by atoms with E-state index in [1.54, 1.807) is 10.4 Å². The van der Waals surface area contributed by atoms with Gasteiger partial charge in [-0.2, -0.15) is 4.31 Å². The fourth-order valence-electron chi connectivity index (χ4n) is 4.53. The highest BCUT2D eigenvalue weighted by molar-refractivity contribution is 7.89. The molecule has 0 aliphatic carbocycles. The molecule has 0 N–H and O–H groups in total. The molecular formula is C24H32N4O4S. The minimum absolute atomic E-state index is 0.0544. The van der Waals surface area contributed by atoms with Gasteiger partial charge in [-0.25, -0.2) is 8.42 Å². The number of benzene rings is 1. The highest BCUT2D eigenvalue weighted by Gasteiger charge is 2.28. The predicted molar refractivity (Wildman–Crippen MR) is 126 cm³/mol. The van der Waals surface area contributed by atoms with Crippen molar-refractivity contribution < 1.29 is 17.9 Å². The van der Waals surface area contributed by atoms with Gasteiger partial charge in [0.15, 0.2) is 5.82 Å². The highest BCUT2D eigenvalue weighted by atomic mass is 32.2. The van der Waals surface area contributed by atoms with Gasteiger partial charge in [-0.05, 0) is 63.3 Å². The maximum Gasteiger partial charge on any atom is 0.309 e. The minimum Gasteiger partial charge on any atom is -0.466 e. The van der Waals surface area contributed by atoms with Crippen molar-refractivity contribution in [2.45, 2.75) is 50.8 Å². The van der Waals surface area contributed by atoms with E-state index in [0.29, 0.717) is 30.3 Å². The van der Waals surface area contributed by atoms with Crippen LogP contribution in [0.1, 0.15) is 44.6 Å². The fraction of sp³-hybridized carbons (Fsp3) is 0.542. The molecule has 0 bridgehead atoms. The molecule has 4 rings (SSSR count). The molecule has 2 fully saturated rings. The summed E-state index contributed by atoms with van der Waals surface area (Å²) in [7, 11) is -3.53. The number of rotatable bonds is 6. The lowest BCUT2D eigenvalue weighted by atomic mass is 9.97. The Morgan fingerprint density at radius 1 is 1.03 bits per heavy atom. The average molecular weight is 473 g/mol. The lowest BCUT2D eigenvalue weighted by Crippen LogP contribution is -2.37. The SMILES string of the molecule is CCOC(=O)C1CCN(c2ccc(-c3ccc(C)c(S(=O)(=O)N4CCCCC4)c3)nn2)CC1. The van der Waals surface area contributed by atoms with Crippen molar-refractivity contribution in [3.05, 3.63) is 35.9 Å². The van der Waals surface area contributed by atoms with Gasteiger partial charge in [0.25, 0.3) is 0 Å². The number of nitrogens with zero attached hydrogens (tertiary/aromatic N) is 4. The van der Waals surface area contributed by atoms with Crippen molar-refractivity contribution in [1.29, 1.82) is 0 Å². The van der Waals surface area contributed by atoms with E-state index in [2.05, 4.69) is 15.1 Å².